The van der Waals surface area contributed by atoms with Crippen LogP contribution in [0.3, 0.4) is 0 Å². The Balaban J connectivity index is 1.78. The molecule has 1 N–H and O–H groups in total. The van der Waals surface area contributed by atoms with E-state index in [-0.39, 0.29) is 0 Å². The zero-order valence-corrected chi connectivity index (χ0v) is 19.8. The Bertz CT molecular complexity index is 813. The largest absolute Gasteiger partial charge is 0.500 e. The number of amides is 1. The van der Waals surface area contributed by atoms with Crippen LogP contribution >= 0.6 is 0 Å². The Hall–Kier alpha value is -2.72. The number of para-hydroxylation sites is 1. The molecule has 0 aliphatic heterocycles. The first-order valence-electron chi connectivity index (χ1n) is 10.8. The van der Waals surface area contributed by atoms with Crippen molar-refractivity contribution in [3.8, 4) is 11.5 Å². The Labute approximate surface area is 190 Å². The van der Waals surface area contributed by atoms with Crippen molar-refractivity contribution in [1.29, 1.82) is 0 Å². The van der Waals surface area contributed by atoms with Gasteiger partial charge in [-0.3, -0.25) is 0 Å². The van der Waals surface area contributed by atoms with E-state index in [2.05, 4.69) is 5.32 Å². The number of carbonyl (C=O) groups is 2. The highest BCUT2D eigenvalue weighted by molar-refractivity contribution is 6.60. The fraction of sp³-hybridized carbons (Fsp3) is 0.391. The van der Waals surface area contributed by atoms with Crippen LogP contribution in [0.15, 0.2) is 54.6 Å². The minimum absolute atomic E-state index is 0.320. The van der Waals surface area contributed by atoms with E-state index in [1.807, 2.05) is 26.8 Å². The quantitative estimate of drug-likeness (QED) is 0.204. The van der Waals surface area contributed by atoms with Gasteiger partial charge in [-0.05, 0) is 63.6 Å². The molecular weight excluding hydrogens is 430 g/mol. The van der Waals surface area contributed by atoms with Gasteiger partial charge in [0.05, 0.1) is 5.56 Å². The summed E-state index contributed by atoms with van der Waals surface area (Å²) in [4.78, 5) is 24.2. The first-order chi connectivity index (χ1) is 15.5. The van der Waals surface area contributed by atoms with Crippen LogP contribution in [0.1, 0.15) is 37.6 Å². The zero-order valence-electron chi connectivity index (χ0n) is 18.8. The van der Waals surface area contributed by atoms with E-state index < -0.39 is 20.9 Å². The van der Waals surface area contributed by atoms with Gasteiger partial charge < -0.3 is 28.1 Å². The van der Waals surface area contributed by atoms with Gasteiger partial charge in [0.2, 0.25) is 0 Å². The van der Waals surface area contributed by atoms with Crippen molar-refractivity contribution in [2.75, 3.05) is 26.4 Å². The van der Waals surface area contributed by atoms with E-state index in [4.69, 9.17) is 22.8 Å². The summed E-state index contributed by atoms with van der Waals surface area (Å²) in [6.45, 7) is 7.64. The molecule has 1 amide bonds. The topological polar surface area (TPSA) is 92.3 Å². The van der Waals surface area contributed by atoms with E-state index in [1.54, 1.807) is 48.5 Å². The van der Waals surface area contributed by atoms with Gasteiger partial charge in [-0.1, -0.05) is 18.2 Å². The van der Waals surface area contributed by atoms with Crippen molar-refractivity contribution in [2.45, 2.75) is 33.2 Å². The second kappa shape index (κ2) is 13.6. The first-order valence-corrected chi connectivity index (χ1v) is 12.7. The molecule has 0 aliphatic carbocycles. The Morgan fingerprint density at radius 1 is 0.781 bits per heavy atom. The Morgan fingerprint density at radius 3 is 1.91 bits per heavy atom. The third-order valence-electron chi connectivity index (χ3n) is 4.28. The summed E-state index contributed by atoms with van der Waals surface area (Å²) < 4.78 is 27.9. The summed E-state index contributed by atoms with van der Waals surface area (Å²) in [6, 6.07) is 15.6. The second-order valence-corrected chi connectivity index (χ2v) is 9.36. The van der Waals surface area contributed by atoms with Crippen molar-refractivity contribution >= 4 is 20.9 Å². The summed E-state index contributed by atoms with van der Waals surface area (Å²) in [5, 5.41) is 2.70. The van der Waals surface area contributed by atoms with Crippen LogP contribution in [0.5, 0.6) is 11.5 Å². The first kappa shape index (κ1) is 25.5. The molecule has 0 spiro atoms. The maximum atomic E-state index is 12.2. The molecule has 8 nitrogen and oxygen atoms in total. The molecule has 2 rings (SSSR count). The molecule has 0 saturated carbocycles. The summed E-state index contributed by atoms with van der Waals surface area (Å²) in [5.74, 6) is 0.292. The van der Waals surface area contributed by atoms with Crippen molar-refractivity contribution in [3.63, 3.8) is 0 Å². The van der Waals surface area contributed by atoms with Crippen molar-refractivity contribution in [2.24, 2.45) is 0 Å². The minimum atomic E-state index is -2.72. The smallest absolute Gasteiger partial charge is 0.423 e. The summed E-state index contributed by atoms with van der Waals surface area (Å²) >= 11 is 0. The number of carbonyl (C=O) groups excluding carboxylic acids is 2. The third kappa shape index (κ3) is 8.43. The highest BCUT2D eigenvalue weighted by atomic mass is 28.4. The number of rotatable bonds is 13. The number of hydrogen-bond donors (Lipinski definition) is 1. The number of ether oxygens (including phenoxy) is 2. The predicted molar refractivity (Wildman–Crippen MR) is 122 cm³/mol. The van der Waals surface area contributed by atoms with Crippen molar-refractivity contribution in [1.82, 2.24) is 5.32 Å². The summed E-state index contributed by atoms with van der Waals surface area (Å²) in [7, 11) is -2.72. The molecule has 0 aliphatic rings. The average Bonchev–Trinajstić information content (AvgIpc) is 2.78. The standard InChI is InChI=1S/C23H31NO7Si/c1-4-27-32(28-5-2,29-6-3)18-10-17-24-23(26)31-21-15-13-19(14-16-21)22(25)30-20-11-8-7-9-12-20/h7-9,11-16H,4-6,10,17-18H2,1-3H3,(H,24,26). The SMILES string of the molecule is CCO[Si](CCCNC(=O)Oc1ccc(C(=O)Oc2ccccc2)cc1)(OCC)OCC. The third-order valence-corrected chi connectivity index (χ3v) is 7.43. The molecule has 2 aromatic rings. The predicted octanol–water partition coefficient (Wildman–Crippen LogP) is 4.43. The molecule has 0 fully saturated rings. The number of nitrogens with one attached hydrogen (secondary N) is 1. The lowest BCUT2D eigenvalue weighted by atomic mass is 10.2. The fourth-order valence-corrected chi connectivity index (χ4v) is 5.57. The van der Waals surface area contributed by atoms with Gasteiger partial charge in [-0.25, -0.2) is 9.59 Å². The molecule has 9 heteroatoms. The van der Waals surface area contributed by atoms with Gasteiger partial charge in [0.25, 0.3) is 0 Å². The number of benzene rings is 2. The molecule has 0 unspecified atom stereocenters. The van der Waals surface area contributed by atoms with Gasteiger partial charge in [0.1, 0.15) is 11.5 Å². The normalized spacial score (nSPS) is 11.1. The molecule has 0 atom stereocenters. The van der Waals surface area contributed by atoms with Gasteiger partial charge >= 0.3 is 20.9 Å². The van der Waals surface area contributed by atoms with Crippen LogP contribution < -0.4 is 14.8 Å². The molecule has 0 bridgehead atoms. The highest BCUT2D eigenvalue weighted by Gasteiger charge is 2.39. The van der Waals surface area contributed by atoms with Gasteiger partial charge in [0.15, 0.2) is 0 Å². The van der Waals surface area contributed by atoms with Crippen LogP contribution in [0.2, 0.25) is 6.04 Å². The molecular formula is C23H31NO7Si. The van der Waals surface area contributed by atoms with Crippen LogP contribution in [0.25, 0.3) is 0 Å². The van der Waals surface area contributed by atoms with E-state index in [0.29, 0.717) is 55.9 Å². The maximum Gasteiger partial charge on any atom is 0.500 e. The minimum Gasteiger partial charge on any atom is -0.423 e. The van der Waals surface area contributed by atoms with Gasteiger partial charge in [-0.2, -0.15) is 0 Å². The van der Waals surface area contributed by atoms with Crippen LogP contribution in [0, 0.1) is 0 Å². The molecule has 0 aromatic heterocycles. The summed E-state index contributed by atoms with van der Waals surface area (Å²) in [6.07, 6.45) is 0.0482. The van der Waals surface area contributed by atoms with Crippen LogP contribution in [0.4, 0.5) is 4.79 Å². The van der Waals surface area contributed by atoms with E-state index in [0.717, 1.165) is 0 Å². The lowest BCUT2D eigenvalue weighted by molar-refractivity contribution is 0.0705. The van der Waals surface area contributed by atoms with Gasteiger partial charge in [-0.15, -0.1) is 0 Å². The summed E-state index contributed by atoms with van der Waals surface area (Å²) in [5.41, 5.74) is 0.352. The van der Waals surface area contributed by atoms with E-state index >= 15 is 0 Å². The van der Waals surface area contributed by atoms with Gasteiger partial charge in [0, 0.05) is 32.4 Å². The zero-order chi connectivity index (χ0) is 23.2. The fourth-order valence-electron chi connectivity index (χ4n) is 2.95. The Morgan fingerprint density at radius 2 is 1.34 bits per heavy atom. The monoisotopic (exact) mass is 461 g/mol. The van der Waals surface area contributed by atoms with E-state index in [9.17, 15) is 9.59 Å². The second-order valence-electron chi connectivity index (χ2n) is 6.63. The lowest BCUT2D eigenvalue weighted by Crippen LogP contribution is -2.46. The van der Waals surface area contributed by atoms with Crippen LogP contribution in [-0.4, -0.2) is 47.2 Å². The Kier molecular flexibility index (Phi) is 10.9. The molecule has 0 radical (unpaired) electrons. The molecule has 174 valence electrons. The molecule has 2 aromatic carbocycles. The molecule has 0 saturated heterocycles. The van der Waals surface area contributed by atoms with E-state index in [1.165, 1.54) is 0 Å². The maximum absolute atomic E-state index is 12.2. The highest BCUT2D eigenvalue weighted by Crippen LogP contribution is 2.18. The van der Waals surface area contributed by atoms with Crippen molar-refractivity contribution < 1.29 is 32.3 Å². The lowest BCUT2D eigenvalue weighted by Gasteiger charge is -2.28. The molecule has 32 heavy (non-hydrogen) atoms. The average molecular weight is 462 g/mol. The number of esters is 1. The number of hydrogen-bond acceptors (Lipinski definition) is 7. The molecule has 0 heterocycles. The van der Waals surface area contributed by atoms with Crippen molar-refractivity contribution in [3.05, 3.63) is 60.2 Å². The van der Waals surface area contributed by atoms with Crippen LogP contribution in [-0.2, 0) is 13.3 Å².